The van der Waals surface area contributed by atoms with Gasteiger partial charge >= 0.3 is 0 Å². The van der Waals surface area contributed by atoms with Gasteiger partial charge < -0.3 is 24.4 Å². The average Bonchev–Trinajstić information content (AvgIpc) is 3.17. The lowest BCUT2D eigenvalue weighted by Gasteiger charge is -2.37. The summed E-state index contributed by atoms with van der Waals surface area (Å²) in [7, 11) is 0. The Labute approximate surface area is 199 Å². The summed E-state index contributed by atoms with van der Waals surface area (Å²) in [5.41, 5.74) is 1.08. The van der Waals surface area contributed by atoms with E-state index >= 15 is 0 Å². The lowest BCUT2D eigenvalue weighted by molar-refractivity contribution is -0.115. The molecule has 0 unspecified atom stereocenters. The molecule has 0 saturated carbocycles. The molecule has 1 spiro atoms. The molecular weight excluding hydrogens is 434 g/mol. The topological polar surface area (TPSA) is 89.5 Å². The van der Waals surface area contributed by atoms with Crippen molar-refractivity contribution in [3.63, 3.8) is 0 Å². The molecule has 2 amide bonds. The Bertz CT molecular complexity index is 1050. The molecule has 0 bridgehead atoms. The van der Waals surface area contributed by atoms with Crippen LogP contribution in [0.1, 0.15) is 49.5 Å². The summed E-state index contributed by atoms with van der Waals surface area (Å²) in [5, 5.41) is 3.05. The van der Waals surface area contributed by atoms with Crippen LogP contribution in [0.25, 0.3) is 0 Å². The van der Waals surface area contributed by atoms with E-state index < -0.39 is 5.66 Å². The number of piperidine rings is 1. The van der Waals surface area contributed by atoms with Crippen molar-refractivity contribution in [1.29, 1.82) is 0 Å². The molecule has 8 nitrogen and oxygen atoms in total. The molecule has 0 atom stereocenters. The lowest BCUT2D eigenvalue weighted by atomic mass is 9.97. The van der Waals surface area contributed by atoms with Crippen molar-refractivity contribution in [3.8, 4) is 17.2 Å². The van der Waals surface area contributed by atoms with Gasteiger partial charge in [0.25, 0.3) is 11.8 Å². The molecule has 2 aliphatic heterocycles. The van der Waals surface area contributed by atoms with E-state index in [9.17, 15) is 9.59 Å². The second-order valence-electron chi connectivity index (χ2n) is 8.21. The predicted octanol–water partition coefficient (Wildman–Crippen LogP) is 3.43. The van der Waals surface area contributed by atoms with E-state index in [1.165, 1.54) is 0 Å². The average molecular weight is 466 g/mol. The highest BCUT2D eigenvalue weighted by Gasteiger charge is 2.43. The van der Waals surface area contributed by atoms with Crippen LogP contribution in [0.5, 0.6) is 17.2 Å². The van der Waals surface area contributed by atoms with Gasteiger partial charge in [-0.15, -0.1) is 0 Å². The number of nitrogens with one attached hydrogen (secondary N) is 1. The number of hydrogen-bond donors (Lipinski definition) is 1. The molecule has 1 fully saturated rings. The Morgan fingerprint density at radius 3 is 2.12 bits per heavy atom. The van der Waals surface area contributed by atoms with E-state index in [0.717, 1.165) is 5.56 Å². The van der Waals surface area contributed by atoms with Gasteiger partial charge in [0.05, 0.1) is 19.8 Å². The number of rotatable bonds is 8. The summed E-state index contributed by atoms with van der Waals surface area (Å²) in [6.45, 7) is 7.95. The second kappa shape index (κ2) is 10.2. The molecule has 0 radical (unpaired) electrons. The zero-order chi connectivity index (χ0) is 24.1. The van der Waals surface area contributed by atoms with Crippen LogP contribution in [0.3, 0.4) is 0 Å². The van der Waals surface area contributed by atoms with Crippen molar-refractivity contribution in [3.05, 3.63) is 53.6 Å². The van der Waals surface area contributed by atoms with Crippen LogP contribution in [-0.4, -0.2) is 61.0 Å². The molecule has 0 aromatic heterocycles. The molecule has 4 rings (SSSR count). The number of carbonyl (C=O) groups excluding carboxylic acids is 2. The Hall–Kier alpha value is -3.55. The molecule has 2 heterocycles. The molecular formula is C26H31N3O5. The summed E-state index contributed by atoms with van der Waals surface area (Å²) >= 11 is 0. The van der Waals surface area contributed by atoms with Gasteiger partial charge in [-0.25, -0.2) is 0 Å². The van der Waals surface area contributed by atoms with Gasteiger partial charge in [-0.3, -0.25) is 14.6 Å². The Kier molecular flexibility index (Phi) is 7.05. The Balaban J connectivity index is 1.52. The first-order valence-corrected chi connectivity index (χ1v) is 11.8. The highest BCUT2D eigenvalue weighted by Crippen LogP contribution is 2.40. The molecule has 8 heteroatoms. The predicted molar refractivity (Wildman–Crippen MR) is 129 cm³/mol. The summed E-state index contributed by atoms with van der Waals surface area (Å²) in [5.74, 6) is 1.22. The highest BCUT2D eigenvalue weighted by atomic mass is 16.5. The fourth-order valence-corrected chi connectivity index (χ4v) is 4.37. The second-order valence-corrected chi connectivity index (χ2v) is 8.21. The Morgan fingerprint density at radius 2 is 1.56 bits per heavy atom. The molecule has 0 aliphatic carbocycles. The van der Waals surface area contributed by atoms with Gasteiger partial charge in [0.1, 0.15) is 11.4 Å². The quantitative estimate of drug-likeness (QED) is 0.645. The fourth-order valence-electron chi connectivity index (χ4n) is 4.37. The maximum absolute atomic E-state index is 13.4. The number of hydrogen-bond acceptors (Lipinski definition) is 6. The zero-order valence-corrected chi connectivity index (χ0v) is 19.9. The van der Waals surface area contributed by atoms with E-state index in [0.29, 0.717) is 74.3 Å². The van der Waals surface area contributed by atoms with Crippen molar-refractivity contribution in [2.75, 3.05) is 32.9 Å². The normalized spacial score (nSPS) is 16.7. The summed E-state index contributed by atoms with van der Waals surface area (Å²) < 4.78 is 17.3. The molecule has 34 heavy (non-hydrogen) atoms. The molecule has 2 aliphatic rings. The maximum Gasteiger partial charge on any atom is 0.272 e. The first-order valence-electron chi connectivity index (χ1n) is 11.8. The van der Waals surface area contributed by atoms with Gasteiger partial charge in [-0.2, -0.15) is 0 Å². The van der Waals surface area contributed by atoms with Gasteiger partial charge in [-0.05, 0) is 32.9 Å². The minimum absolute atomic E-state index is 0.114. The molecule has 1 saturated heterocycles. The summed E-state index contributed by atoms with van der Waals surface area (Å²) in [4.78, 5) is 32.5. The van der Waals surface area contributed by atoms with E-state index in [1.807, 2.05) is 51.1 Å². The van der Waals surface area contributed by atoms with Crippen molar-refractivity contribution in [2.24, 2.45) is 4.99 Å². The minimum Gasteiger partial charge on any atom is -0.490 e. The number of benzene rings is 2. The van der Waals surface area contributed by atoms with E-state index in [2.05, 4.69) is 5.32 Å². The number of nitrogens with zero attached hydrogens (tertiary/aromatic N) is 2. The molecule has 2 aromatic carbocycles. The number of ether oxygens (including phenoxy) is 3. The van der Waals surface area contributed by atoms with Crippen molar-refractivity contribution >= 4 is 17.5 Å². The SMILES string of the molecule is CCOc1cc(C(=O)N2CCC3(CC2)N=C(c2ccccc2)C(=O)N3)cc(OCC)c1OCC. The van der Waals surface area contributed by atoms with Crippen LogP contribution < -0.4 is 19.5 Å². The van der Waals surface area contributed by atoms with Crippen LogP contribution >= 0.6 is 0 Å². The molecule has 180 valence electrons. The third-order valence-corrected chi connectivity index (χ3v) is 5.97. The van der Waals surface area contributed by atoms with Crippen LogP contribution in [-0.2, 0) is 4.79 Å². The van der Waals surface area contributed by atoms with Crippen LogP contribution in [0.2, 0.25) is 0 Å². The first-order chi connectivity index (χ1) is 16.5. The smallest absolute Gasteiger partial charge is 0.272 e. The van der Waals surface area contributed by atoms with Crippen molar-refractivity contribution in [2.45, 2.75) is 39.3 Å². The third-order valence-electron chi connectivity index (χ3n) is 5.97. The standard InChI is InChI=1S/C26H31N3O5/c1-4-32-20-16-19(17-21(33-5-2)23(20)34-6-3)25(31)29-14-12-26(13-15-29)27-22(24(30)28-26)18-10-8-7-9-11-18/h7-11,16-17H,4-6,12-15H2,1-3H3,(H,28,30). The minimum atomic E-state index is -0.662. The highest BCUT2D eigenvalue weighted by molar-refractivity contribution is 6.46. The van der Waals surface area contributed by atoms with E-state index in [-0.39, 0.29) is 11.8 Å². The van der Waals surface area contributed by atoms with E-state index in [1.54, 1.807) is 17.0 Å². The Morgan fingerprint density at radius 1 is 0.971 bits per heavy atom. The maximum atomic E-state index is 13.4. The van der Waals surface area contributed by atoms with Gasteiger partial charge in [0.2, 0.25) is 5.75 Å². The first kappa shape index (κ1) is 23.6. The number of amides is 2. The summed E-state index contributed by atoms with van der Waals surface area (Å²) in [6, 6.07) is 12.9. The zero-order valence-electron chi connectivity index (χ0n) is 19.9. The van der Waals surface area contributed by atoms with Crippen LogP contribution in [0.15, 0.2) is 47.5 Å². The lowest BCUT2D eigenvalue weighted by Crippen LogP contribution is -2.52. The number of aliphatic imine (C=N–C) groups is 1. The monoisotopic (exact) mass is 465 g/mol. The van der Waals surface area contributed by atoms with Crippen LogP contribution in [0, 0.1) is 0 Å². The molecule has 2 aromatic rings. The summed E-state index contributed by atoms with van der Waals surface area (Å²) in [6.07, 6.45) is 1.10. The van der Waals surface area contributed by atoms with Crippen molar-refractivity contribution in [1.82, 2.24) is 10.2 Å². The number of carbonyl (C=O) groups is 2. The largest absolute Gasteiger partial charge is 0.490 e. The van der Waals surface area contributed by atoms with Gasteiger partial charge in [-0.1, -0.05) is 30.3 Å². The van der Waals surface area contributed by atoms with Gasteiger partial charge in [0, 0.05) is 37.1 Å². The molecule has 1 N–H and O–H groups in total. The van der Waals surface area contributed by atoms with Gasteiger partial charge in [0.15, 0.2) is 11.5 Å². The fraction of sp³-hybridized carbons (Fsp3) is 0.423. The number of likely N-dealkylation sites (tertiary alicyclic amines) is 1. The van der Waals surface area contributed by atoms with Crippen molar-refractivity contribution < 1.29 is 23.8 Å². The van der Waals surface area contributed by atoms with E-state index in [4.69, 9.17) is 19.2 Å². The third kappa shape index (κ3) is 4.71. The van der Waals surface area contributed by atoms with Crippen LogP contribution in [0.4, 0.5) is 0 Å².